The molecular weight excluding hydrogens is 631 g/mol. The molecule has 0 radical (unpaired) electrons. The van der Waals surface area contributed by atoms with E-state index in [2.05, 4.69) is 20.0 Å². The number of nitrogens with zero attached hydrogens (tertiary/aromatic N) is 5. The molecule has 5 aliphatic heterocycles. The SMILES string of the molecule is O=C(C1C2CCC1CNC2)N1C2CCC1CN(c1nc(OCC34CCCN3CCC4)nc3c(F)c(-c4cc(O)cc5ccccc45)ccc13)C2. The van der Waals surface area contributed by atoms with E-state index in [1.54, 1.807) is 18.2 Å². The normalized spacial score (nSPS) is 28.5. The number of phenols is 1. The van der Waals surface area contributed by atoms with Crippen LogP contribution in [0.3, 0.4) is 0 Å². The number of phenolic OH excluding ortho intramolecular Hbond substituents is 1. The zero-order chi connectivity index (χ0) is 33.6. The van der Waals surface area contributed by atoms with Gasteiger partial charge in [-0.1, -0.05) is 30.3 Å². The van der Waals surface area contributed by atoms with E-state index >= 15 is 4.39 Å². The number of piperazine rings is 1. The molecule has 0 spiro atoms. The summed E-state index contributed by atoms with van der Waals surface area (Å²) in [6, 6.07) is 15.2. The molecule has 1 saturated carbocycles. The number of anilines is 1. The summed E-state index contributed by atoms with van der Waals surface area (Å²) in [4.78, 5) is 31.1. The third-order valence-electron chi connectivity index (χ3n) is 13.2. The first kappa shape index (κ1) is 30.8. The fourth-order valence-electron chi connectivity index (χ4n) is 10.9. The van der Waals surface area contributed by atoms with E-state index in [-0.39, 0.29) is 40.8 Å². The molecule has 2 N–H and O–H groups in total. The fraction of sp³-hybridized carbons (Fsp3) is 0.525. The lowest BCUT2D eigenvalue weighted by molar-refractivity contribution is -0.142. The molecule has 4 atom stereocenters. The van der Waals surface area contributed by atoms with Gasteiger partial charge in [-0.25, -0.2) is 4.39 Å². The molecule has 1 aliphatic carbocycles. The topological polar surface area (TPSA) is 94.1 Å². The van der Waals surface area contributed by atoms with Crippen LogP contribution in [-0.4, -0.2) is 94.3 Å². The van der Waals surface area contributed by atoms with Gasteiger partial charge in [-0.15, -0.1) is 0 Å². The smallest absolute Gasteiger partial charge is 0.319 e. The van der Waals surface area contributed by atoms with E-state index in [0.717, 1.165) is 88.3 Å². The minimum Gasteiger partial charge on any atom is -0.508 e. The largest absolute Gasteiger partial charge is 0.508 e. The van der Waals surface area contributed by atoms with Crippen molar-refractivity contribution >= 4 is 33.4 Å². The Morgan fingerprint density at radius 2 is 1.66 bits per heavy atom. The number of aromatic hydroxyl groups is 1. The Balaban J connectivity index is 1.03. The van der Waals surface area contributed by atoms with Gasteiger partial charge in [0.25, 0.3) is 0 Å². The number of hydrogen-bond donors (Lipinski definition) is 2. The van der Waals surface area contributed by atoms with Crippen LogP contribution in [0.5, 0.6) is 11.8 Å². The van der Waals surface area contributed by atoms with Crippen LogP contribution in [0.4, 0.5) is 10.2 Å². The lowest BCUT2D eigenvalue weighted by Gasteiger charge is -2.44. The number of halogens is 1. The van der Waals surface area contributed by atoms with Gasteiger partial charge in [-0.3, -0.25) is 9.69 Å². The fourth-order valence-corrected chi connectivity index (χ4v) is 10.9. The van der Waals surface area contributed by atoms with Crippen molar-refractivity contribution in [3.8, 4) is 22.9 Å². The second-order valence-electron chi connectivity index (χ2n) is 15.9. The van der Waals surface area contributed by atoms with Gasteiger partial charge in [-0.2, -0.15) is 9.97 Å². The third kappa shape index (κ3) is 4.81. The van der Waals surface area contributed by atoms with Crippen molar-refractivity contribution in [2.45, 2.75) is 69.0 Å². The van der Waals surface area contributed by atoms with E-state index in [0.29, 0.717) is 59.8 Å². The lowest BCUT2D eigenvalue weighted by Crippen LogP contribution is -2.59. The van der Waals surface area contributed by atoms with Crippen LogP contribution in [-0.2, 0) is 4.79 Å². The van der Waals surface area contributed by atoms with Gasteiger partial charge in [0.1, 0.15) is 23.7 Å². The summed E-state index contributed by atoms with van der Waals surface area (Å²) in [6.07, 6.45) is 8.74. The summed E-state index contributed by atoms with van der Waals surface area (Å²) in [5.41, 5.74) is 1.22. The summed E-state index contributed by atoms with van der Waals surface area (Å²) >= 11 is 0. The van der Waals surface area contributed by atoms with Gasteiger partial charge in [0.2, 0.25) is 5.91 Å². The molecule has 5 saturated heterocycles. The van der Waals surface area contributed by atoms with E-state index in [4.69, 9.17) is 14.7 Å². The number of aromatic nitrogens is 2. The van der Waals surface area contributed by atoms with Crippen molar-refractivity contribution < 1.29 is 19.0 Å². The number of hydrogen-bond acceptors (Lipinski definition) is 8. The molecular formula is C40H45FN6O3. The Hall–Kier alpha value is -4.02. The highest BCUT2D eigenvalue weighted by molar-refractivity contribution is 6.01. The minimum absolute atomic E-state index is 0.00148. The molecule has 4 bridgehead atoms. The van der Waals surface area contributed by atoms with Crippen molar-refractivity contribution in [1.29, 1.82) is 0 Å². The molecule has 4 unspecified atom stereocenters. The first-order valence-corrected chi connectivity index (χ1v) is 18.8. The standard InChI is InChI=1S/C40H45FN6O3/c41-35-31(33-18-29(48)17-24-5-1-2-6-30(24)33)11-12-32-36(35)43-39(50-23-40-13-3-15-46(40)16-4-14-40)44-37(32)45-21-27-9-10-28(22-45)47(27)38(49)34-25-7-8-26(34)20-42-19-25/h1-2,5-6,11-12,17-18,25-28,34,42,48H,3-4,7-10,13-16,19-23H2. The molecule has 10 heteroatoms. The molecule has 1 amide bonds. The van der Waals surface area contributed by atoms with E-state index < -0.39 is 5.82 Å². The number of piperidine rings is 1. The van der Waals surface area contributed by atoms with Crippen molar-refractivity contribution in [3.63, 3.8) is 0 Å². The molecule has 1 aromatic heterocycles. The Labute approximate surface area is 291 Å². The van der Waals surface area contributed by atoms with Gasteiger partial charge in [0.05, 0.1) is 5.54 Å². The lowest BCUT2D eigenvalue weighted by atomic mass is 9.84. The van der Waals surface area contributed by atoms with Crippen LogP contribution in [0.1, 0.15) is 51.4 Å². The molecule has 50 heavy (non-hydrogen) atoms. The van der Waals surface area contributed by atoms with Crippen molar-refractivity contribution in [2.75, 3.05) is 50.8 Å². The second-order valence-corrected chi connectivity index (χ2v) is 15.9. The Morgan fingerprint density at radius 1 is 0.920 bits per heavy atom. The summed E-state index contributed by atoms with van der Waals surface area (Å²) in [6.45, 7) is 5.88. The van der Waals surface area contributed by atoms with E-state index in [9.17, 15) is 9.90 Å². The van der Waals surface area contributed by atoms with Crippen molar-refractivity contribution in [3.05, 3.63) is 54.3 Å². The number of carbonyl (C=O) groups excluding carboxylic acids is 1. The predicted molar refractivity (Wildman–Crippen MR) is 191 cm³/mol. The first-order valence-electron chi connectivity index (χ1n) is 18.8. The summed E-state index contributed by atoms with van der Waals surface area (Å²) in [7, 11) is 0. The molecule has 260 valence electrons. The number of ether oxygens (including phenoxy) is 1. The zero-order valence-corrected chi connectivity index (χ0v) is 28.5. The van der Waals surface area contributed by atoms with Crippen LogP contribution in [0.2, 0.25) is 0 Å². The molecule has 6 fully saturated rings. The summed E-state index contributed by atoms with van der Waals surface area (Å²) < 4.78 is 23.5. The average molecular weight is 677 g/mol. The van der Waals surface area contributed by atoms with Gasteiger partial charge >= 0.3 is 6.01 Å². The monoisotopic (exact) mass is 676 g/mol. The Morgan fingerprint density at radius 3 is 2.42 bits per heavy atom. The highest BCUT2D eigenvalue weighted by atomic mass is 19.1. The van der Waals surface area contributed by atoms with Crippen LogP contribution in [0.25, 0.3) is 32.8 Å². The third-order valence-corrected chi connectivity index (χ3v) is 13.2. The van der Waals surface area contributed by atoms with Crippen LogP contribution in [0, 0.1) is 23.6 Å². The summed E-state index contributed by atoms with van der Waals surface area (Å²) in [5.74, 6) is 1.69. The number of amides is 1. The molecule has 6 heterocycles. The highest BCUT2D eigenvalue weighted by Gasteiger charge is 2.51. The van der Waals surface area contributed by atoms with Crippen molar-refractivity contribution in [1.82, 2.24) is 25.1 Å². The van der Waals surface area contributed by atoms with E-state index in [1.165, 1.54) is 0 Å². The van der Waals surface area contributed by atoms with Gasteiger partial charge in [0, 0.05) is 42.0 Å². The Bertz CT molecular complexity index is 1970. The van der Waals surface area contributed by atoms with Gasteiger partial charge < -0.3 is 25.0 Å². The van der Waals surface area contributed by atoms with Crippen LogP contribution >= 0.6 is 0 Å². The number of nitrogens with one attached hydrogen (secondary N) is 1. The minimum atomic E-state index is -0.452. The average Bonchev–Trinajstić information content (AvgIpc) is 3.85. The Kier molecular flexibility index (Phi) is 7.24. The molecule has 10 rings (SSSR count). The van der Waals surface area contributed by atoms with Gasteiger partial charge in [-0.05, 0) is 124 Å². The maximum Gasteiger partial charge on any atom is 0.319 e. The first-order chi connectivity index (χ1) is 24.5. The van der Waals surface area contributed by atoms with E-state index in [1.807, 2.05) is 30.3 Å². The molecule has 9 nitrogen and oxygen atoms in total. The number of carbonyl (C=O) groups is 1. The highest BCUT2D eigenvalue weighted by Crippen LogP contribution is 2.45. The molecule has 3 aromatic carbocycles. The quantitative estimate of drug-likeness (QED) is 0.268. The summed E-state index contributed by atoms with van der Waals surface area (Å²) in [5, 5.41) is 16.5. The molecule has 4 aromatic rings. The number of benzene rings is 3. The van der Waals surface area contributed by atoms with Crippen molar-refractivity contribution in [2.24, 2.45) is 17.8 Å². The van der Waals surface area contributed by atoms with Crippen LogP contribution in [0.15, 0.2) is 48.5 Å². The maximum atomic E-state index is 17.0. The number of fused-ring (bicyclic) bond motifs is 7. The number of rotatable bonds is 6. The molecule has 6 aliphatic rings. The van der Waals surface area contributed by atoms with Gasteiger partial charge in [0.15, 0.2) is 5.82 Å². The second kappa shape index (κ2) is 11.8. The van der Waals surface area contributed by atoms with Crippen LogP contribution < -0.4 is 15.0 Å². The predicted octanol–water partition coefficient (Wildman–Crippen LogP) is 5.73. The maximum absolute atomic E-state index is 17.0. The zero-order valence-electron chi connectivity index (χ0n) is 28.5.